The Labute approximate surface area is 117 Å². The first kappa shape index (κ1) is 12.9. The van der Waals surface area contributed by atoms with Crippen molar-refractivity contribution in [2.45, 2.75) is 25.9 Å². The number of thiophene rings is 1. The lowest BCUT2D eigenvalue weighted by Crippen LogP contribution is -2.40. The van der Waals surface area contributed by atoms with Crippen molar-refractivity contribution in [1.29, 1.82) is 0 Å². The first-order valence-electron chi connectivity index (χ1n) is 5.07. The molecule has 1 atom stereocenters. The van der Waals surface area contributed by atoms with Crippen LogP contribution in [0.2, 0.25) is 4.34 Å². The minimum atomic E-state index is -0.495. The van der Waals surface area contributed by atoms with Crippen LogP contribution in [0.25, 0.3) is 0 Å². The zero-order valence-electron chi connectivity index (χ0n) is 9.25. The summed E-state index contributed by atoms with van der Waals surface area (Å²) in [5.74, 6) is 0.397. The third-order valence-corrected chi connectivity index (χ3v) is 4.63. The molecule has 1 aromatic heterocycles. The van der Waals surface area contributed by atoms with Crippen LogP contribution in [0.1, 0.15) is 24.8 Å². The molecule has 1 unspecified atom stereocenters. The molecule has 0 fully saturated rings. The molecule has 1 aromatic rings. The molecule has 0 spiro atoms. The van der Waals surface area contributed by atoms with E-state index >= 15 is 0 Å². The van der Waals surface area contributed by atoms with Crippen LogP contribution in [-0.4, -0.2) is 17.9 Å². The Kier molecular flexibility index (Phi) is 3.75. The molecule has 1 amide bonds. The SMILES string of the molecule is CC(C)NC1=NC(c2cc(Br)c(Cl)s2)C(=O)N1. The predicted octanol–water partition coefficient (Wildman–Crippen LogP) is 2.69. The molecule has 0 radical (unpaired) electrons. The molecule has 92 valence electrons. The van der Waals surface area contributed by atoms with E-state index in [0.29, 0.717) is 10.3 Å². The standard InChI is InChI=1S/C10H11BrClN3OS/c1-4(2)13-10-14-7(9(16)15-10)6-3-5(11)8(12)17-6/h3-4,7H,1-2H3,(H2,13,14,15,16). The summed E-state index contributed by atoms with van der Waals surface area (Å²) in [6.07, 6.45) is 0. The average Bonchev–Trinajstić information content (AvgIpc) is 2.71. The molecule has 17 heavy (non-hydrogen) atoms. The lowest BCUT2D eigenvalue weighted by molar-refractivity contribution is -0.120. The Bertz CT molecular complexity index is 466. The van der Waals surface area contributed by atoms with E-state index in [1.807, 2.05) is 19.9 Å². The molecule has 2 heterocycles. The van der Waals surface area contributed by atoms with Crippen molar-refractivity contribution >= 4 is 50.7 Å². The zero-order chi connectivity index (χ0) is 12.6. The molecule has 1 aliphatic rings. The van der Waals surface area contributed by atoms with Gasteiger partial charge in [0.2, 0.25) is 0 Å². The van der Waals surface area contributed by atoms with Crippen LogP contribution >= 0.6 is 38.9 Å². The quantitative estimate of drug-likeness (QED) is 0.872. The van der Waals surface area contributed by atoms with Crippen molar-refractivity contribution in [3.8, 4) is 0 Å². The Balaban J connectivity index is 2.21. The monoisotopic (exact) mass is 335 g/mol. The molecule has 2 rings (SSSR count). The van der Waals surface area contributed by atoms with Gasteiger partial charge in [0.05, 0.1) is 0 Å². The van der Waals surface area contributed by atoms with Crippen LogP contribution in [-0.2, 0) is 4.79 Å². The Morgan fingerprint density at radius 1 is 1.65 bits per heavy atom. The molecule has 0 aliphatic carbocycles. The number of aliphatic imine (C=N–C) groups is 1. The number of rotatable bonds is 2. The molecule has 7 heteroatoms. The van der Waals surface area contributed by atoms with Gasteiger partial charge in [-0.25, -0.2) is 4.99 Å². The molecule has 0 bridgehead atoms. The average molecular weight is 337 g/mol. The van der Waals surface area contributed by atoms with E-state index in [1.54, 1.807) is 0 Å². The first-order chi connectivity index (χ1) is 7.97. The van der Waals surface area contributed by atoms with Gasteiger partial charge in [-0.05, 0) is 35.8 Å². The molecule has 1 aliphatic heterocycles. The smallest absolute Gasteiger partial charge is 0.257 e. The number of carbonyl (C=O) groups is 1. The molecular weight excluding hydrogens is 326 g/mol. The van der Waals surface area contributed by atoms with Crippen LogP contribution in [0, 0.1) is 0 Å². The van der Waals surface area contributed by atoms with Gasteiger partial charge in [-0.15, -0.1) is 11.3 Å². The van der Waals surface area contributed by atoms with Crippen molar-refractivity contribution < 1.29 is 4.79 Å². The van der Waals surface area contributed by atoms with Gasteiger partial charge in [0.15, 0.2) is 12.0 Å². The van der Waals surface area contributed by atoms with Crippen LogP contribution in [0.15, 0.2) is 15.5 Å². The number of amides is 1. The fourth-order valence-electron chi connectivity index (χ4n) is 1.44. The number of hydrogen-bond acceptors (Lipinski definition) is 4. The largest absolute Gasteiger partial charge is 0.354 e. The number of halogens is 2. The second kappa shape index (κ2) is 4.96. The van der Waals surface area contributed by atoms with Crippen molar-refractivity contribution in [3.05, 3.63) is 19.8 Å². The van der Waals surface area contributed by atoms with E-state index in [4.69, 9.17) is 11.6 Å². The van der Waals surface area contributed by atoms with E-state index in [9.17, 15) is 4.79 Å². The summed E-state index contributed by atoms with van der Waals surface area (Å²) < 4.78 is 1.43. The number of carbonyl (C=O) groups excluding carboxylic acids is 1. The normalized spacial score (nSPS) is 19.5. The minimum absolute atomic E-state index is 0.126. The highest BCUT2D eigenvalue weighted by Gasteiger charge is 2.30. The van der Waals surface area contributed by atoms with Crippen LogP contribution < -0.4 is 10.6 Å². The number of nitrogens with zero attached hydrogens (tertiary/aromatic N) is 1. The summed E-state index contributed by atoms with van der Waals surface area (Å²) in [6, 6.07) is 1.57. The highest BCUT2D eigenvalue weighted by molar-refractivity contribution is 9.10. The van der Waals surface area contributed by atoms with Crippen molar-refractivity contribution in [1.82, 2.24) is 10.6 Å². The summed E-state index contributed by atoms with van der Waals surface area (Å²) in [7, 11) is 0. The Morgan fingerprint density at radius 3 is 2.88 bits per heavy atom. The second-order valence-electron chi connectivity index (χ2n) is 3.94. The van der Waals surface area contributed by atoms with Gasteiger partial charge in [-0.3, -0.25) is 10.1 Å². The maximum Gasteiger partial charge on any atom is 0.257 e. The molecular formula is C10H11BrClN3OS. The van der Waals surface area contributed by atoms with Crippen molar-refractivity contribution in [3.63, 3.8) is 0 Å². The summed E-state index contributed by atoms with van der Waals surface area (Å²) in [4.78, 5) is 16.9. The molecule has 2 N–H and O–H groups in total. The minimum Gasteiger partial charge on any atom is -0.354 e. The molecule has 0 saturated carbocycles. The molecule has 0 aromatic carbocycles. The summed E-state index contributed by atoms with van der Waals surface area (Å²) in [6.45, 7) is 3.97. The van der Waals surface area contributed by atoms with E-state index in [2.05, 4.69) is 31.6 Å². The van der Waals surface area contributed by atoms with Crippen molar-refractivity contribution in [2.75, 3.05) is 0 Å². The van der Waals surface area contributed by atoms with Gasteiger partial charge in [0.1, 0.15) is 4.34 Å². The van der Waals surface area contributed by atoms with Crippen LogP contribution in [0.4, 0.5) is 0 Å². The zero-order valence-corrected chi connectivity index (χ0v) is 12.4. The van der Waals surface area contributed by atoms with Gasteiger partial charge in [-0.2, -0.15) is 0 Å². The fraction of sp³-hybridized carbons (Fsp3) is 0.400. The highest BCUT2D eigenvalue weighted by atomic mass is 79.9. The Hall–Kier alpha value is -0.590. The lowest BCUT2D eigenvalue weighted by atomic mass is 10.2. The van der Waals surface area contributed by atoms with Gasteiger partial charge < -0.3 is 5.32 Å². The van der Waals surface area contributed by atoms with Gasteiger partial charge in [-0.1, -0.05) is 11.6 Å². The van der Waals surface area contributed by atoms with E-state index in [0.717, 1.165) is 9.35 Å². The van der Waals surface area contributed by atoms with E-state index < -0.39 is 6.04 Å². The van der Waals surface area contributed by atoms with Crippen LogP contribution in [0.3, 0.4) is 0 Å². The van der Waals surface area contributed by atoms with Gasteiger partial charge in [0.25, 0.3) is 5.91 Å². The summed E-state index contributed by atoms with van der Waals surface area (Å²) >= 11 is 10.6. The second-order valence-corrected chi connectivity index (χ2v) is 6.48. The maximum absolute atomic E-state index is 11.8. The van der Waals surface area contributed by atoms with Gasteiger partial charge in [0, 0.05) is 15.4 Å². The van der Waals surface area contributed by atoms with Crippen molar-refractivity contribution in [2.24, 2.45) is 4.99 Å². The Morgan fingerprint density at radius 2 is 2.35 bits per heavy atom. The number of nitrogens with one attached hydrogen (secondary N) is 2. The van der Waals surface area contributed by atoms with E-state index in [1.165, 1.54) is 11.3 Å². The topological polar surface area (TPSA) is 53.5 Å². The number of guanidine groups is 1. The fourth-order valence-corrected chi connectivity index (χ4v) is 3.22. The molecule has 4 nitrogen and oxygen atoms in total. The molecule has 0 saturated heterocycles. The van der Waals surface area contributed by atoms with Crippen LogP contribution in [0.5, 0.6) is 0 Å². The number of hydrogen-bond donors (Lipinski definition) is 2. The van der Waals surface area contributed by atoms with E-state index in [-0.39, 0.29) is 11.9 Å². The summed E-state index contributed by atoms with van der Waals surface area (Å²) in [5.41, 5.74) is 0. The first-order valence-corrected chi connectivity index (χ1v) is 7.06. The maximum atomic E-state index is 11.8. The third kappa shape index (κ3) is 2.81. The lowest BCUT2D eigenvalue weighted by Gasteiger charge is -2.07. The highest BCUT2D eigenvalue weighted by Crippen LogP contribution is 2.37. The predicted molar refractivity (Wildman–Crippen MR) is 73.6 cm³/mol. The van der Waals surface area contributed by atoms with Gasteiger partial charge >= 0.3 is 0 Å². The summed E-state index contributed by atoms with van der Waals surface area (Å²) in [5, 5.41) is 5.78. The third-order valence-electron chi connectivity index (χ3n) is 2.11.